The molecule has 0 radical (unpaired) electrons. The van der Waals surface area contributed by atoms with Gasteiger partial charge in [0.05, 0.1) is 0 Å². The Bertz CT molecular complexity index is 696. The van der Waals surface area contributed by atoms with Gasteiger partial charge in [-0.15, -0.1) is 0 Å². The highest BCUT2D eigenvalue weighted by molar-refractivity contribution is 7.81. The van der Waals surface area contributed by atoms with E-state index >= 15 is 0 Å². The van der Waals surface area contributed by atoms with Crippen LogP contribution in [0.1, 0.15) is 11.1 Å². The molecule has 0 amide bonds. The molecular formula is C16H17ClN4S2. The van der Waals surface area contributed by atoms with Crippen LogP contribution < -0.4 is 21.5 Å². The highest BCUT2D eigenvalue weighted by Gasteiger charge is 2.01. The number of benzene rings is 2. The van der Waals surface area contributed by atoms with Gasteiger partial charge < -0.3 is 10.6 Å². The Morgan fingerprint density at radius 1 is 0.783 bits per heavy atom. The summed E-state index contributed by atoms with van der Waals surface area (Å²) in [6.45, 7) is 4.08. The summed E-state index contributed by atoms with van der Waals surface area (Å²) >= 11 is 16.3. The second-order valence-electron chi connectivity index (χ2n) is 5.04. The molecule has 23 heavy (non-hydrogen) atoms. The van der Waals surface area contributed by atoms with Crippen LogP contribution in [0.15, 0.2) is 42.5 Å². The molecule has 0 fully saturated rings. The Balaban J connectivity index is 1.81. The number of hydrazine groups is 1. The first-order valence-electron chi connectivity index (χ1n) is 6.90. The lowest BCUT2D eigenvalue weighted by atomic mass is 10.1. The Hall–Kier alpha value is -1.89. The molecule has 7 heteroatoms. The third-order valence-electron chi connectivity index (χ3n) is 2.87. The standard InChI is InChI=1S/C16H17ClN4S2/c1-10-7-11(2)9-14(8-10)19-16(23)21-20-15(22)18-13-5-3-12(17)4-6-13/h3-9H,1-2H3,(H2,18,20,22)(H2,19,21,23). The van der Waals surface area contributed by atoms with Crippen molar-refractivity contribution in [3.8, 4) is 0 Å². The third kappa shape index (κ3) is 6.02. The van der Waals surface area contributed by atoms with E-state index in [1.807, 2.05) is 38.1 Å². The largest absolute Gasteiger partial charge is 0.331 e. The van der Waals surface area contributed by atoms with Gasteiger partial charge in [-0.25, -0.2) is 0 Å². The van der Waals surface area contributed by atoms with Gasteiger partial charge in [-0.3, -0.25) is 10.9 Å². The van der Waals surface area contributed by atoms with E-state index in [1.165, 1.54) is 11.1 Å². The minimum Gasteiger partial charge on any atom is -0.331 e. The lowest BCUT2D eigenvalue weighted by Gasteiger charge is -2.15. The van der Waals surface area contributed by atoms with Crippen LogP contribution in [0.2, 0.25) is 5.02 Å². The van der Waals surface area contributed by atoms with E-state index in [-0.39, 0.29) is 0 Å². The molecule has 0 saturated carbocycles. The minimum atomic E-state index is 0.400. The Kier molecular flexibility index (Phi) is 6.15. The average Bonchev–Trinajstić information content (AvgIpc) is 2.46. The molecule has 0 aliphatic heterocycles. The number of anilines is 2. The molecule has 2 aromatic carbocycles. The van der Waals surface area contributed by atoms with Crippen LogP contribution in [-0.4, -0.2) is 10.2 Å². The minimum absolute atomic E-state index is 0.400. The first kappa shape index (κ1) is 17.5. The van der Waals surface area contributed by atoms with E-state index in [2.05, 4.69) is 27.6 Å². The maximum Gasteiger partial charge on any atom is 0.189 e. The predicted octanol–water partition coefficient (Wildman–Crippen LogP) is 4.14. The van der Waals surface area contributed by atoms with Crippen molar-refractivity contribution in [1.82, 2.24) is 10.9 Å². The fraction of sp³-hybridized carbons (Fsp3) is 0.125. The Labute approximate surface area is 151 Å². The molecule has 2 aromatic rings. The summed E-state index contributed by atoms with van der Waals surface area (Å²) in [6.07, 6.45) is 0. The van der Waals surface area contributed by atoms with Crippen molar-refractivity contribution < 1.29 is 0 Å². The molecule has 0 aliphatic carbocycles. The molecule has 0 atom stereocenters. The first-order chi connectivity index (χ1) is 10.9. The summed E-state index contributed by atoms with van der Waals surface area (Å²) in [5, 5.41) is 7.62. The number of hydrogen-bond donors (Lipinski definition) is 4. The normalized spacial score (nSPS) is 9.87. The predicted molar refractivity (Wildman–Crippen MR) is 106 cm³/mol. The maximum absolute atomic E-state index is 5.84. The molecular weight excluding hydrogens is 348 g/mol. The smallest absolute Gasteiger partial charge is 0.189 e. The molecule has 0 heterocycles. The van der Waals surface area contributed by atoms with Crippen LogP contribution in [-0.2, 0) is 0 Å². The van der Waals surface area contributed by atoms with Crippen LogP contribution in [0, 0.1) is 13.8 Å². The van der Waals surface area contributed by atoms with Crippen molar-refractivity contribution in [1.29, 1.82) is 0 Å². The van der Waals surface area contributed by atoms with Gasteiger partial charge in [-0.1, -0.05) is 17.7 Å². The van der Waals surface area contributed by atoms with Gasteiger partial charge in [-0.2, -0.15) is 0 Å². The number of thiocarbonyl (C=S) groups is 2. The molecule has 0 unspecified atom stereocenters. The van der Waals surface area contributed by atoms with E-state index < -0.39 is 0 Å². The van der Waals surface area contributed by atoms with E-state index in [1.54, 1.807) is 12.1 Å². The van der Waals surface area contributed by atoms with Gasteiger partial charge in [0.1, 0.15) is 0 Å². The second kappa shape index (κ2) is 8.10. The van der Waals surface area contributed by atoms with Crippen LogP contribution >= 0.6 is 36.0 Å². The summed E-state index contributed by atoms with van der Waals surface area (Å²) in [7, 11) is 0. The van der Waals surface area contributed by atoms with E-state index in [9.17, 15) is 0 Å². The molecule has 120 valence electrons. The maximum atomic E-state index is 5.84. The van der Waals surface area contributed by atoms with Crippen LogP contribution in [0.3, 0.4) is 0 Å². The number of aryl methyl sites for hydroxylation is 2. The van der Waals surface area contributed by atoms with Crippen LogP contribution in [0.4, 0.5) is 11.4 Å². The number of nitrogens with one attached hydrogen (secondary N) is 4. The second-order valence-corrected chi connectivity index (χ2v) is 6.29. The zero-order valence-corrected chi connectivity index (χ0v) is 15.1. The quantitative estimate of drug-likeness (QED) is 0.474. The number of hydrogen-bond acceptors (Lipinski definition) is 2. The van der Waals surface area contributed by atoms with Gasteiger partial charge in [0.15, 0.2) is 10.2 Å². The fourth-order valence-electron chi connectivity index (χ4n) is 2.02. The molecule has 2 rings (SSSR count). The summed E-state index contributed by atoms with van der Waals surface area (Å²) in [4.78, 5) is 0. The third-order valence-corrected chi connectivity index (χ3v) is 3.53. The van der Waals surface area contributed by atoms with Crippen molar-refractivity contribution in [2.75, 3.05) is 10.6 Å². The van der Waals surface area contributed by atoms with Crippen molar-refractivity contribution >= 4 is 57.6 Å². The van der Waals surface area contributed by atoms with Gasteiger partial charge in [0.25, 0.3) is 0 Å². The van der Waals surface area contributed by atoms with Gasteiger partial charge >= 0.3 is 0 Å². The van der Waals surface area contributed by atoms with Crippen molar-refractivity contribution in [3.05, 3.63) is 58.6 Å². The summed E-state index contributed by atoms with van der Waals surface area (Å²) in [5.74, 6) is 0. The Morgan fingerprint density at radius 2 is 1.26 bits per heavy atom. The summed E-state index contributed by atoms with van der Waals surface area (Å²) < 4.78 is 0. The van der Waals surface area contributed by atoms with Gasteiger partial charge in [-0.05, 0) is 85.8 Å². The molecule has 0 spiro atoms. The zero-order chi connectivity index (χ0) is 16.8. The summed E-state index contributed by atoms with van der Waals surface area (Å²) in [5.41, 5.74) is 9.77. The van der Waals surface area contributed by atoms with Gasteiger partial charge in [0, 0.05) is 16.4 Å². The van der Waals surface area contributed by atoms with Crippen molar-refractivity contribution in [3.63, 3.8) is 0 Å². The molecule has 0 bridgehead atoms. The highest BCUT2D eigenvalue weighted by atomic mass is 35.5. The van der Waals surface area contributed by atoms with E-state index in [0.29, 0.717) is 15.2 Å². The number of rotatable bonds is 2. The fourth-order valence-corrected chi connectivity index (χ4v) is 2.48. The average molecular weight is 365 g/mol. The van der Waals surface area contributed by atoms with Crippen LogP contribution in [0.5, 0.6) is 0 Å². The van der Waals surface area contributed by atoms with Crippen molar-refractivity contribution in [2.24, 2.45) is 0 Å². The highest BCUT2D eigenvalue weighted by Crippen LogP contribution is 2.14. The van der Waals surface area contributed by atoms with Crippen LogP contribution in [0.25, 0.3) is 0 Å². The van der Waals surface area contributed by atoms with Crippen molar-refractivity contribution in [2.45, 2.75) is 13.8 Å². The molecule has 0 saturated heterocycles. The monoisotopic (exact) mass is 364 g/mol. The lowest BCUT2D eigenvalue weighted by molar-refractivity contribution is 0.885. The van der Waals surface area contributed by atoms with E-state index in [0.717, 1.165) is 11.4 Å². The molecule has 4 nitrogen and oxygen atoms in total. The van der Waals surface area contributed by atoms with Gasteiger partial charge in [0.2, 0.25) is 0 Å². The first-order valence-corrected chi connectivity index (χ1v) is 8.10. The van der Waals surface area contributed by atoms with E-state index in [4.69, 9.17) is 36.0 Å². The molecule has 4 N–H and O–H groups in total. The SMILES string of the molecule is Cc1cc(C)cc(NC(=S)NNC(=S)Nc2ccc(Cl)cc2)c1. The number of halogens is 1. The summed E-state index contributed by atoms with van der Waals surface area (Å²) in [6, 6.07) is 13.4. The zero-order valence-electron chi connectivity index (χ0n) is 12.7. The molecule has 0 aromatic heterocycles. The lowest BCUT2D eigenvalue weighted by Crippen LogP contribution is -2.45. The molecule has 0 aliphatic rings. The topological polar surface area (TPSA) is 48.1 Å². The Morgan fingerprint density at radius 3 is 1.78 bits per heavy atom.